The fourth-order valence-corrected chi connectivity index (χ4v) is 1.87. The molecule has 1 amide bonds. The van der Waals surface area contributed by atoms with Crippen LogP contribution in [-0.4, -0.2) is 35.6 Å². The number of rotatable bonds is 8. The standard InChI is InChI=1S/C16H18N2O5/c1-2-23-15(20)8-7-14(19)18-13(16(21)22)9-11-3-5-12(10-17)6-4-11/h3-6,13H,2,7-9H2,1H3,(H,18,19)(H,21,22)/t13-/m0/s1. The number of benzene rings is 1. The van der Waals surface area contributed by atoms with E-state index < -0.39 is 23.9 Å². The van der Waals surface area contributed by atoms with E-state index in [9.17, 15) is 19.5 Å². The number of ether oxygens (including phenoxy) is 1. The summed E-state index contributed by atoms with van der Waals surface area (Å²) in [5.41, 5.74) is 1.15. The lowest BCUT2D eigenvalue weighted by Gasteiger charge is -2.14. The summed E-state index contributed by atoms with van der Waals surface area (Å²) < 4.78 is 4.70. The van der Waals surface area contributed by atoms with Crippen LogP contribution in [0.25, 0.3) is 0 Å². The van der Waals surface area contributed by atoms with Gasteiger partial charge in [0.2, 0.25) is 5.91 Å². The van der Waals surface area contributed by atoms with E-state index in [-0.39, 0.29) is 25.9 Å². The van der Waals surface area contributed by atoms with E-state index in [1.54, 1.807) is 31.2 Å². The number of amides is 1. The zero-order valence-corrected chi connectivity index (χ0v) is 12.7. The van der Waals surface area contributed by atoms with Gasteiger partial charge in [0.25, 0.3) is 0 Å². The fraction of sp³-hybridized carbons (Fsp3) is 0.375. The summed E-state index contributed by atoms with van der Waals surface area (Å²) >= 11 is 0. The van der Waals surface area contributed by atoms with Gasteiger partial charge < -0.3 is 15.2 Å². The molecule has 0 saturated carbocycles. The first-order valence-electron chi connectivity index (χ1n) is 7.13. The zero-order valence-electron chi connectivity index (χ0n) is 12.7. The SMILES string of the molecule is CCOC(=O)CCC(=O)N[C@@H](Cc1ccc(C#N)cc1)C(=O)O. The Morgan fingerprint density at radius 3 is 2.43 bits per heavy atom. The average Bonchev–Trinajstić information content (AvgIpc) is 2.53. The minimum absolute atomic E-state index is 0.0895. The molecule has 1 atom stereocenters. The maximum absolute atomic E-state index is 11.7. The molecule has 1 aromatic rings. The summed E-state index contributed by atoms with van der Waals surface area (Å²) in [7, 11) is 0. The minimum Gasteiger partial charge on any atom is -0.480 e. The van der Waals surface area contributed by atoms with Crippen LogP contribution in [0.2, 0.25) is 0 Å². The van der Waals surface area contributed by atoms with Crippen molar-refractivity contribution >= 4 is 17.8 Å². The summed E-state index contributed by atoms with van der Waals surface area (Å²) in [6.07, 6.45) is -0.134. The van der Waals surface area contributed by atoms with Gasteiger partial charge in [0, 0.05) is 12.8 Å². The van der Waals surface area contributed by atoms with Crippen molar-refractivity contribution in [2.75, 3.05) is 6.61 Å². The van der Waals surface area contributed by atoms with Gasteiger partial charge in [-0.05, 0) is 24.6 Å². The number of carboxylic acids is 1. The van der Waals surface area contributed by atoms with Gasteiger partial charge in [-0.25, -0.2) is 4.79 Å². The Morgan fingerprint density at radius 1 is 1.26 bits per heavy atom. The van der Waals surface area contributed by atoms with E-state index in [4.69, 9.17) is 10.00 Å². The van der Waals surface area contributed by atoms with E-state index in [0.717, 1.165) is 0 Å². The monoisotopic (exact) mass is 318 g/mol. The molecule has 0 spiro atoms. The average molecular weight is 318 g/mol. The first-order chi connectivity index (χ1) is 11.0. The molecule has 1 rings (SSSR count). The molecular formula is C16H18N2O5. The molecule has 2 N–H and O–H groups in total. The van der Waals surface area contributed by atoms with Gasteiger partial charge in [0.15, 0.2) is 0 Å². The predicted octanol–water partition coefficient (Wildman–Crippen LogP) is 1.01. The smallest absolute Gasteiger partial charge is 0.326 e. The van der Waals surface area contributed by atoms with Gasteiger partial charge in [-0.2, -0.15) is 5.26 Å². The van der Waals surface area contributed by atoms with Gasteiger partial charge in [-0.15, -0.1) is 0 Å². The summed E-state index contributed by atoms with van der Waals surface area (Å²) in [5, 5.41) is 20.3. The van der Waals surface area contributed by atoms with Crippen molar-refractivity contribution < 1.29 is 24.2 Å². The molecule has 0 aliphatic carbocycles. The topological polar surface area (TPSA) is 116 Å². The number of hydrogen-bond donors (Lipinski definition) is 2. The van der Waals surface area contributed by atoms with Crippen LogP contribution in [-0.2, 0) is 25.5 Å². The van der Waals surface area contributed by atoms with Crippen molar-refractivity contribution in [2.45, 2.75) is 32.2 Å². The fourth-order valence-electron chi connectivity index (χ4n) is 1.87. The summed E-state index contributed by atoms with van der Waals surface area (Å²) in [6, 6.07) is 7.31. The van der Waals surface area contributed by atoms with Crippen LogP contribution in [0.3, 0.4) is 0 Å². The second kappa shape index (κ2) is 9.20. The number of esters is 1. The lowest BCUT2D eigenvalue weighted by Crippen LogP contribution is -2.42. The highest BCUT2D eigenvalue weighted by Gasteiger charge is 2.20. The number of carbonyl (C=O) groups excluding carboxylic acids is 2. The van der Waals surface area contributed by atoms with Crippen molar-refractivity contribution in [2.24, 2.45) is 0 Å². The van der Waals surface area contributed by atoms with Gasteiger partial charge in [-0.1, -0.05) is 12.1 Å². The maximum Gasteiger partial charge on any atom is 0.326 e. The van der Waals surface area contributed by atoms with Gasteiger partial charge in [0.05, 0.1) is 24.7 Å². The maximum atomic E-state index is 11.7. The van der Waals surface area contributed by atoms with Crippen LogP contribution < -0.4 is 5.32 Å². The highest BCUT2D eigenvalue weighted by Crippen LogP contribution is 2.07. The van der Waals surface area contributed by atoms with E-state index in [0.29, 0.717) is 11.1 Å². The van der Waals surface area contributed by atoms with Gasteiger partial charge >= 0.3 is 11.9 Å². The lowest BCUT2D eigenvalue weighted by molar-refractivity contribution is -0.144. The van der Waals surface area contributed by atoms with Crippen LogP contribution in [0.1, 0.15) is 30.9 Å². The van der Waals surface area contributed by atoms with E-state index in [1.165, 1.54) is 0 Å². The Kier molecular flexibility index (Phi) is 7.27. The Labute approximate surface area is 133 Å². The van der Waals surface area contributed by atoms with E-state index in [2.05, 4.69) is 5.32 Å². The molecule has 122 valence electrons. The Hall–Kier alpha value is -2.88. The molecule has 7 nitrogen and oxygen atoms in total. The molecule has 0 fully saturated rings. The van der Waals surface area contributed by atoms with Crippen molar-refractivity contribution in [3.63, 3.8) is 0 Å². The van der Waals surface area contributed by atoms with Crippen LogP contribution in [0.5, 0.6) is 0 Å². The third kappa shape index (κ3) is 6.61. The number of hydrogen-bond acceptors (Lipinski definition) is 5. The second-order valence-electron chi connectivity index (χ2n) is 4.78. The Morgan fingerprint density at radius 2 is 1.91 bits per heavy atom. The molecular weight excluding hydrogens is 300 g/mol. The molecule has 0 radical (unpaired) electrons. The molecule has 0 aromatic heterocycles. The largest absolute Gasteiger partial charge is 0.480 e. The summed E-state index contributed by atoms with van der Waals surface area (Å²) in [5.74, 6) is -2.19. The van der Waals surface area contributed by atoms with E-state index >= 15 is 0 Å². The number of aliphatic carboxylic acids is 1. The molecule has 7 heteroatoms. The summed E-state index contributed by atoms with van der Waals surface area (Å²) in [4.78, 5) is 34.2. The number of carbonyl (C=O) groups is 3. The third-order valence-corrected chi connectivity index (χ3v) is 3.02. The molecule has 0 bridgehead atoms. The second-order valence-corrected chi connectivity index (χ2v) is 4.78. The molecule has 0 saturated heterocycles. The minimum atomic E-state index is -1.17. The third-order valence-electron chi connectivity index (χ3n) is 3.02. The number of nitriles is 1. The normalized spacial score (nSPS) is 11.1. The van der Waals surface area contributed by atoms with Crippen molar-refractivity contribution in [1.82, 2.24) is 5.32 Å². The first-order valence-corrected chi connectivity index (χ1v) is 7.13. The number of nitrogens with one attached hydrogen (secondary N) is 1. The van der Waals surface area contributed by atoms with Crippen molar-refractivity contribution in [3.8, 4) is 6.07 Å². The number of nitrogens with zero attached hydrogens (tertiary/aromatic N) is 1. The highest BCUT2D eigenvalue weighted by atomic mass is 16.5. The van der Waals surface area contributed by atoms with Gasteiger partial charge in [-0.3, -0.25) is 9.59 Å². The molecule has 0 heterocycles. The van der Waals surface area contributed by atoms with Crippen LogP contribution in [0, 0.1) is 11.3 Å². The molecule has 0 aliphatic rings. The van der Waals surface area contributed by atoms with Crippen molar-refractivity contribution in [3.05, 3.63) is 35.4 Å². The first kappa shape index (κ1) is 18.2. The van der Waals surface area contributed by atoms with Crippen LogP contribution >= 0.6 is 0 Å². The highest BCUT2D eigenvalue weighted by molar-refractivity contribution is 5.85. The van der Waals surface area contributed by atoms with Crippen LogP contribution in [0.15, 0.2) is 24.3 Å². The molecule has 23 heavy (non-hydrogen) atoms. The molecule has 0 unspecified atom stereocenters. The van der Waals surface area contributed by atoms with E-state index in [1.807, 2.05) is 6.07 Å². The Balaban J connectivity index is 2.57. The quantitative estimate of drug-likeness (QED) is 0.691. The Bertz CT molecular complexity index is 604. The molecule has 1 aromatic carbocycles. The lowest BCUT2D eigenvalue weighted by atomic mass is 10.0. The summed E-state index contributed by atoms with van der Waals surface area (Å²) in [6.45, 7) is 1.90. The molecule has 0 aliphatic heterocycles. The predicted molar refractivity (Wildman–Crippen MR) is 80.3 cm³/mol. The van der Waals surface area contributed by atoms with Crippen LogP contribution in [0.4, 0.5) is 0 Å². The number of carboxylic acid groups (broad SMARTS) is 1. The zero-order chi connectivity index (χ0) is 17.2. The van der Waals surface area contributed by atoms with Crippen molar-refractivity contribution in [1.29, 1.82) is 5.26 Å². The van der Waals surface area contributed by atoms with Gasteiger partial charge in [0.1, 0.15) is 6.04 Å².